The second-order valence-corrected chi connectivity index (χ2v) is 6.80. The number of halogens is 1. The number of esters is 1. The first-order valence-electron chi connectivity index (χ1n) is 8.50. The van der Waals surface area contributed by atoms with Gasteiger partial charge in [-0.25, -0.2) is 4.79 Å². The Bertz CT molecular complexity index is 412. The number of hydrogen-bond acceptors (Lipinski definition) is 7. The van der Waals surface area contributed by atoms with Crippen LogP contribution < -0.4 is 0 Å². The Morgan fingerprint density at radius 3 is 2.27 bits per heavy atom. The van der Waals surface area contributed by atoms with Gasteiger partial charge in [-0.1, -0.05) is 11.6 Å². The second kappa shape index (κ2) is 13.1. The summed E-state index contributed by atoms with van der Waals surface area (Å²) < 4.78 is 25.2. The number of methoxy groups -OCH3 is 2. The van der Waals surface area contributed by atoms with E-state index in [0.29, 0.717) is 25.6 Å². The van der Waals surface area contributed by atoms with Crippen molar-refractivity contribution in [2.24, 2.45) is 5.92 Å². The number of carbonyl (C=O) groups excluding carboxylic acids is 2. The van der Waals surface area contributed by atoms with Crippen molar-refractivity contribution in [3.05, 3.63) is 0 Å². The molecule has 2 unspecified atom stereocenters. The molecule has 0 spiro atoms. The van der Waals surface area contributed by atoms with E-state index in [1.807, 2.05) is 20.8 Å². The fraction of sp³-hybridized carbons (Fsp3) is 0.882. The van der Waals surface area contributed by atoms with E-state index in [0.717, 1.165) is 0 Å². The number of piperidine rings is 1. The molecule has 9 heteroatoms. The van der Waals surface area contributed by atoms with Gasteiger partial charge in [-0.3, -0.25) is 4.79 Å². The fourth-order valence-electron chi connectivity index (χ4n) is 2.25. The zero-order valence-corrected chi connectivity index (χ0v) is 17.3. The van der Waals surface area contributed by atoms with Gasteiger partial charge in [-0.05, 0) is 34.1 Å². The molecule has 1 aliphatic heterocycles. The van der Waals surface area contributed by atoms with Crippen LogP contribution in [-0.4, -0.2) is 75.4 Å². The van der Waals surface area contributed by atoms with Crippen LogP contribution in [0.3, 0.4) is 0 Å². The summed E-state index contributed by atoms with van der Waals surface area (Å²) in [5, 5.41) is 0. The number of carbonyl (C=O) groups is 2. The summed E-state index contributed by atoms with van der Waals surface area (Å²) in [5.74, 6) is -0.693. The molecular weight excluding hydrogens is 366 g/mol. The van der Waals surface area contributed by atoms with Crippen LogP contribution in [0.5, 0.6) is 0 Å². The van der Waals surface area contributed by atoms with Gasteiger partial charge in [0, 0.05) is 20.8 Å². The number of likely N-dealkylation sites (tertiary alicyclic amines) is 1. The van der Waals surface area contributed by atoms with Crippen molar-refractivity contribution >= 4 is 23.7 Å². The van der Waals surface area contributed by atoms with E-state index >= 15 is 0 Å². The third kappa shape index (κ3) is 10.2. The third-order valence-corrected chi connectivity index (χ3v) is 3.53. The van der Waals surface area contributed by atoms with Crippen LogP contribution in [0, 0.1) is 5.92 Å². The molecule has 1 aliphatic rings. The maximum atomic E-state index is 12.1. The van der Waals surface area contributed by atoms with E-state index in [4.69, 9.17) is 30.5 Å². The standard InChI is InChI=1S/C15H27NO6.C2H5ClO/c1-6-20-13(17)11-7-8-16(9-12(11)21-10-19-5)14(18)22-15(2,3)4;1-4-2-3/h11-12H,6-10H2,1-5H3;2H2,1H3. The molecule has 0 N–H and O–H groups in total. The highest BCUT2D eigenvalue weighted by Gasteiger charge is 2.38. The molecule has 1 rings (SSSR count). The molecular formula is C17H32ClNO7. The van der Waals surface area contributed by atoms with E-state index < -0.39 is 23.7 Å². The Morgan fingerprint density at radius 2 is 1.81 bits per heavy atom. The van der Waals surface area contributed by atoms with Crippen molar-refractivity contribution in [3.63, 3.8) is 0 Å². The maximum Gasteiger partial charge on any atom is 0.410 e. The lowest BCUT2D eigenvalue weighted by Crippen LogP contribution is -2.51. The molecule has 0 radical (unpaired) electrons. The van der Waals surface area contributed by atoms with Crippen LogP contribution in [0.1, 0.15) is 34.1 Å². The maximum absolute atomic E-state index is 12.1. The minimum atomic E-state index is -0.558. The third-order valence-electron chi connectivity index (χ3n) is 3.31. The quantitative estimate of drug-likeness (QED) is 0.387. The molecule has 1 fully saturated rings. The summed E-state index contributed by atoms with van der Waals surface area (Å²) in [7, 11) is 3.06. The van der Waals surface area contributed by atoms with Crippen LogP contribution in [0.15, 0.2) is 0 Å². The lowest BCUT2D eigenvalue weighted by atomic mass is 9.94. The lowest BCUT2D eigenvalue weighted by molar-refractivity contribution is -0.164. The van der Waals surface area contributed by atoms with Crippen LogP contribution >= 0.6 is 11.6 Å². The van der Waals surface area contributed by atoms with Crippen molar-refractivity contribution in [2.75, 3.05) is 46.8 Å². The molecule has 1 amide bonds. The van der Waals surface area contributed by atoms with Gasteiger partial charge >= 0.3 is 12.1 Å². The number of alkyl halides is 1. The average Bonchev–Trinajstić information content (AvgIpc) is 2.58. The van der Waals surface area contributed by atoms with Crippen molar-refractivity contribution in [3.8, 4) is 0 Å². The summed E-state index contributed by atoms with van der Waals surface area (Å²) in [4.78, 5) is 25.7. The summed E-state index contributed by atoms with van der Waals surface area (Å²) in [6.45, 7) is 8.30. The minimum Gasteiger partial charge on any atom is -0.466 e. The van der Waals surface area contributed by atoms with E-state index in [2.05, 4.69) is 4.74 Å². The van der Waals surface area contributed by atoms with Gasteiger partial charge in [0.2, 0.25) is 0 Å². The van der Waals surface area contributed by atoms with Crippen molar-refractivity contribution in [1.82, 2.24) is 4.90 Å². The largest absolute Gasteiger partial charge is 0.466 e. The van der Waals surface area contributed by atoms with E-state index in [-0.39, 0.29) is 19.3 Å². The van der Waals surface area contributed by atoms with E-state index in [1.54, 1.807) is 18.9 Å². The Hall–Kier alpha value is -1.09. The topological polar surface area (TPSA) is 83.5 Å². The molecule has 2 atom stereocenters. The van der Waals surface area contributed by atoms with Gasteiger partial charge in [-0.2, -0.15) is 0 Å². The summed E-state index contributed by atoms with van der Waals surface area (Å²) in [5.41, 5.74) is -0.558. The summed E-state index contributed by atoms with van der Waals surface area (Å²) in [6.07, 6.45) is -0.381. The van der Waals surface area contributed by atoms with Crippen molar-refractivity contribution < 1.29 is 33.3 Å². The van der Waals surface area contributed by atoms with E-state index in [1.165, 1.54) is 7.11 Å². The Morgan fingerprint density at radius 1 is 1.19 bits per heavy atom. The van der Waals surface area contributed by atoms with Gasteiger partial charge in [0.25, 0.3) is 0 Å². The summed E-state index contributed by atoms with van der Waals surface area (Å²) in [6, 6.07) is 0.292. The Kier molecular flexibility index (Phi) is 12.6. The molecule has 1 saturated heterocycles. The number of hydrogen-bond donors (Lipinski definition) is 0. The normalized spacial score (nSPS) is 20.0. The van der Waals surface area contributed by atoms with Crippen LogP contribution in [0.25, 0.3) is 0 Å². The van der Waals surface area contributed by atoms with Crippen LogP contribution in [0.2, 0.25) is 0 Å². The SMILES string of the molecule is CCOC(=O)C1CCN(C(=O)OC(C)(C)C)CC1OCOC.COCCl. The molecule has 8 nitrogen and oxygen atoms in total. The highest BCUT2D eigenvalue weighted by Crippen LogP contribution is 2.24. The molecule has 0 aromatic heterocycles. The Labute approximate surface area is 161 Å². The second-order valence-electron chi connectivity index (χ2n) is 6.58. The lowest BCUT2D eigenvalue weighted by Gasteiger charge is -2.37. The molecule has 0 bridgehead atoms. The molecule has 1 heterocycles. The molecule has 0 aliphatic carbocycles. The minimum absolute atomic E-state index is 0.0583. The smallest absolute Gasteiger partial charge is 0.410 e. The first-order chi connectivity index (χ1) is 12.2. The number of amides is 1. The molecule has 0 aromatic rings. The molecule has 0 saturated carbocycles. The van der Waals surface area contributed by atoms with Gasteiger partial charge in [0.05, 0.1) is 25.2 Å². The zero-order valence-electron chi connectivity index (χ0n) is 16.6. The predicted molar refractivity (Wildman–Crippen MR) is 97.0 cm³/mol. The molecule has 0 aromatic carbocycles. The fourth-order valence-corrected chi connectivity index (χ4v) is 2.25. The summed E-state index contributed by atoms with van der Waals surface area (Å²) >= 11 is 4.96. The number of nitrogens with zero attached hydrogens (tertiary/aromatic N) is 1. The number of rotatable bonds is 6. The molecule has 154 valence electrons. The first kappa shape index (κ1) is 24.9. The van der Waals surface area contributed by atoms with E-state index in [9.17, 15) is 9.59 Å². The van der Waals surface area contributed by atoms with Crippen LogP contribution in [0.4, 0.5) is 4.79 Å². The van der Waals surface area contributed by atoms with Crippen LogP contribution in [-0.2, 0) is 28.5 Å². The average molecular weight is 398 g/mol. The van der Waals surface area contributed by atoms with Crippen molar-refractivity contribution in [2.45, 2.75) is 45.8 Å². The first-order valence-corrected chi connectivity index (χ1v) is 9.03. The van der Waals surface area contributed by atoms with Gasteiger partial charge in [-0.15, -0.1) is 0 Å². The van der Waals surface area contributed by atoms with Gasteiger partial charge in [0.15, 0.2) is 0 Å². The van der Waals surface area contributed by atoms with Gasteiger partial charge < -0.3 is 28.6 Å². The highest BCUT2D eigenvalue weighted by atomic mass is 35.5. The zero-order chi connectivity index (χ0) is 20.2. The number of ether oxygens (including phenoxy) is 5. The highest BCUT2D eigenvalue weighted by molar-refractivity contribution is 6.17. The monoisotopic (exact) mass is 397 g/mol. The predicted octanol–water partition coefficient (Wildman–Crippen LogP) is 2.62. The molecule has 26 heavy (non-hydrogen) atoms. The van der Waals surface area contributed by atoms with Crippen molar-refractivity contribution in [1.29, 1.82) is 0 Å². The Balaban J connectivity index is 0.00000141. The van der Waals surface area contributed by atoms with Gasteiger partial charge in [0.1, 0.15) is 18.5 Å².